The van der Waals surface area contributed by atoms with Crippen LogP contribution in [0.3, 0.4) is 0 Å². The number of aromatic nitrogens is 1. The first-order valence-corrected chi connectivity index (χ1v) is 6.42. The molecule has 0 spiro atoms. The summed E-state index contributed by atoms with van der Waals surface area (Å²) in [7, 11) is 0. The molecule has 1 aromatic carbocycles. The number of nitrogens with two attached hydrogens (primary N) is 1. The molecule has 0 saturated heterocycles. The zero-order valence-corrected chi connectivity index (χ0v) is 10.5. The third kappa shape index (κ3) is 2.37. The van der Waals surface area contributed by atoms with Gasteiger partial charge in [-0.2, -0.15) is 0 Å². The van der Waals surface area contributed by atoms with Gasteiger partial charge in [-0.1, -0.05) is 24.3 Å². The SMILES string of the molecule is NNC(CC1Cc2ccccc21)c1cncc(F)c1. The smallest absolute Gasteiger partial charge is 0.141 e. The van der Waals surface area contributed by atoms with E-state index in [9.17, 15) is 4.39 Å². The number of hydrazine groups is 1. The summed E-state index contributed by atoms with van der Waals surface area (Å²) in [5.41, 5.74) is 6.35. The Morgan fingerprint density at radius 3 is 2.95 bits per heavy atom. The van der Waals surface area contributed by atoms with Gasteiger partial charge in [0.1, 0.15) is 5.82 Å². The topological polar surface area (TPSA) is 50.9 Å². The number of hydrogen-bond donors (Lipinski definition) is 2. The number of benzene rings is 1. The molecule has 19 heavy (non-hydrogen) atoms. The van der Waals surface area contributed by atoms with Crippen molar-refractivity contribution in [3.63, 3.8) is 0 Å². The molecule has 3 N–H and O–H groups in total. The van der Waals surface area contributed by atoms with Crippen LogP contribution in [-0.2, 0) is 6.42 Å². The van der Waals surface area contributed by atoms with E-state index in [0.717, 1.165) is 18.4 Å². The lowest BCUT2D eigenvalue weighted by Gasteiger charge is -2.33. The summed E-state index contributed by atoms with van der Waals surface area (Å²) in [4.78, 5) is 3.88. The molecule has 1 aliphatic rings. The Morgan fingerprint density at radius 1 is 1.37 bits per heavy atom. The lowest BCUT2D eigenvalue weighted by atomic mass is 9.74. The molecule has 2 aromatic rings. The van der Waals surface area contributed by atoms with Gasteiger partial charge in [-0.25, -0.2) is 4.39 Å². The van der Waals surface area contributed by atoms with Crippen LogP contribution in [0, 0.1) is 5.82 Å². The van der Waals surface area contributed by atoms with Crippen molar-refractivity contribution in [2.24, 2.45) is 5.84 Å². The molecule has 0 fully saturated rings. The molecule has 3 nitrogen and oxygen atoms in total. The van der Waals surface area contributed by atoms with Gasteiger partial charge in [0.25, 0.3) is 0 Å². The van der Waals surface area contributed by atoms with Crippen molar-refractivity contribution < 1.29 is 4.39 Å². The monoisotopic (exact) mass is 257 g/mol. The summed E-state index contributed by atoms with van der Waals surface area (Å²) < 4.78 is 13.2. The fourth-order valence-electron chi connectivity index (χ4n) is 2.78. The highest BCUT2D eigenvalue weighted by Gasteiger charge is 2.28. The van der Waals surface area contributed by atoms with Crippen molar-refractivity contribution in [3.05, 3.63) is 65.2 Å². The molecule has 0 saturated carbocycles. The maximum Gasteiger partial charge on any atom is 0.141 e. The molecule has 0 amide bonds. The lowest BCUT2D eigenvalue weighted by molar-refractivity contribution is 0.433. The fraction of sp³-hybridized carbons (Fsp3) is 0.267. The van der Waals surface area contributed by atoms with E-state index in [1.54, 1.807) is 6.20 Å². The van der Waals surface area contributed by atoms with Crippen LogP contribution in [-0.4, -0.2) is 4.98 Å². The Balaban J connectivity index is 1.76. The maximum absolute atomic E-state index is 13.2. The first-order chi connectivity index (χ1) is 9.28. The molecule has 0 radical (unpaired) electrons. The number of nitrogens with zero attached hydrogens (tertiary/aromatic N) is 1. The van der Waals surface area contributed by atoms with E-state index in [0.29, 0.717) is 5.92 Å². The van der Waals surface area contributed by atoms with E-state index in [1.807, 2.05) is 0 Å². The van der Waals surface area contributed by atoms with E-state index < -0.39 is 0 Å². The zero-order chi connectivity index (χ0) is 13.2. The average Bonchev–Trinajstić information content (AvgIpc) is 2.40. The molecule has 3 rings (SSSR count). The van der Waals surface area contributed by atoms with Crippen molar-refractivity contribution in [1.82, 2.24) is 10.4 Å². The third-order valence-corrected chi connectivity index (χ3v) is 3.81. The van der Waals surface area contributed by atoms with Gasteiger partial charge in [-0.3, -0.25) is 16.3 Å². The summed E-state index contributed by atoms with van der Waals surface area (Å²) in [5, 5.41) is 0. The lowest BCUT2D eigenvalue weighted by Crippen LogP contribution is -2.31. The molecule has 1 aliphatic carbocycles. The van der Waals surface area contributed by atoms with Crippen LogP contribution >= 0.6 is 0 Å². The molecular weight excluding hydrogens is 241 g/mol. The molecular formula is C15H16FN3. The molecule has 2 unspecified atom stereocenters. The van der Waals surface area contributed by atoms with Crippen molar-refractivity contribution in [3.8, 4) is 0 Å². The van der Waals surface area contributed by atoms with E-state index in [1.165, 1.54) is 23.4 Å². The largest absolute Gasteiger partial charge is 0.271 e. The fourth-order valence-corrected chi connectivity index (χ4v) is 2.78. The zero-order valence-electron chi connectivity index (χ0n) is 10.5. The van der Waals surface area contributed by atoms with Crippen molar-refractivity contribution in [2.75, 3.05) is 0 Å². The minimum Gasteiger partial charge on any atom is -0.271 e. The highest BCUT2D eigenvalue weighted by atomic mass is 19.1. The van der Waals surface area contributed by atoms with Gasteiger partial charge in [0, 0.05) is 12.2 Å². The van der Waals surface area contributed by atoms with E-state index in [4.69, 9.17) is 5.84 Å². The number of hydrogen-bond acceptors (Lipinski definition) is 3. The highest BCUT2D eigenvalue weighted by molar-refractivity contribution is 5.40. The summed E-state index contributed by atoms with van der Waals surface area (Å²) in [5.74, 6) is 5.76. The van der Waals surface area contributed by atoms with Gasteiger partial charge in [0.2, 0.25) is 0 Å². The maximum atomic E-state index is 13.2. The second-order valence-electron chi connectivity index (χ2n) is 4.99. The van der Waals surface area contributed by atoms with Crippen LogP contribution < -0.4 is 11.3 Å². The van der Waals surface area contributed by atoms with Gasteiger partial charge in [-0.15, -0.1) is 0 Å². The summed E-state index contributed by atoms with van der Waals surface area (Å²) >= 11 is 0. The summed E-state index contributed by atoms with van der Waals surface area (Å²) in [6.45, 7) is 0. The predicted octanol–water partition coefficient (Wildman–Crippen LogP) is 2.46. The first-order valence-electron chi connectivity index (χ1n) is 6.42. The first kappa shape index (κ1) is 12.3. The highest BCUT2D eigenvalue weighted by Crippen LogP contribution is 2.40. The number of halogens is 1. The van der Waals surface area contributed by atoms with E-state index in [2.05, 4.69) is 34.7 Å². The van der Waals surface area contributed by atoms with E-state index in [-0.39, 0.29) is 11.9 Å². The quantitative estimate of drug-likeness (QED) is 0.653. The van der Waals surface area contributed by atoms with Gasteiger partial charge >= 0.3 is 0 Å². The number of fused-ring (bicyclic) bond motifs is 1. The van der Waals surface area contributed by atoms with Crippen molar-refractivity contribution in [2.45, 2.75) is 24.8 Å². The number of nitrogens with one attached hydrogen (secondary N) is 1. The minimum atomic E-state index is -0.327. The number of rotatable bonds is 4. The number of pyridine rings is 1. The van der Waals surface area contributed by atoms with Crippen LogP contribution in [0.5, 0.6) is 0 Å². The minimum absolute atomic E-state index is 0.0680. The Labute approximate surface area is 111 Å². The van der Waals surface area contributed by atoms with Gasteiger partial charge in [0.15, 0.2) is 0 Å². The molecule has 1 aromatic heterocycles. The summed E-state index contributed by atoms with van der Waals surface area (Å²) in [6, 6.07) is 9.84. The van der Waals surface area contributed by atoms with Gasteiger partial charge in [-0.05, 0) is 41.5 Å². The summed E-state index contributed by atoms with van der Waals surface area (Å²) in [6.07, 6.45) is 4.80. The molecule has 0 bridgehead atoms. The molecule has 2 atom stereocenters. The molecule has 98 valence electrons. The van der Waals surface area contributed by atoms with Gasteiger partial charge in [0.05, 0.1) is 6.20 Å². The Morgan fingerprint density at radius 2 is 2.21 bits per heavy atom. The molecule has 0 aliphatic heterocycles. The Kier molecular flexibility index (Phi) is 3.27. The van der Waals surface area contributed by atoms with Crippen molar-refractivity contribution >= 4 is 0 Å². The van der Waals surface area contributed by atoms with E-state index >= 15 is 0 Å². The second kappa shape index (κ2) is 5.07. The second-order valence-corrected chi connectivity index (χ2v) is 4.99. The molecule has 4 heteroatoms. The normalized spacial score (nSPS) is 18.5. The van der Waals surface area contributed by atoms with Crippen LogP contribution in [0.25, 0.3) is 0 Å². The Hall–Kier alpha value is -1.78. The third-order valence-electron chi connectivity index (χ3n) is 3.81. The van der Waals surface area contributed by atoms with Crippen LogP contribution in [0.4, 0.5) is 4.39 Å². The van der Waals surface area contributed by atoms with Gasteiger partial charge < -0.3 is 0 Å². The van der Waals surface area contributed by atoms with Crippen LogP contribution in [0.1, 0.15) is 35.1 Å². The standard InChI is InChI=1S/C15H16FN3/c16-13-6-12(8-18-9-13)15(19-17)7-11-5-10-3-1-2-4-14(10)11/h1-4,6,8-9,11,15,19H,5,7,17H2. The van der Waals surface area contributed by atoms with Crippen molar-refractivity contribution in [1.29, 1.82) is 0 Å². The van der Waals surface area contributed by atoms with Crippen LogP contribution in [0.15, 0.2) is 42.7 Å². The average molecular weight is 257 g/mol. The van der Waals surface area contributed by atoms with Crippen LogP contribution in [0.2, 0.25) is 0 Å². The molecule has 1 heterocycles. The Bertz CT molecular complexity index is 585. The predicted molar refractivity (Wildman–Crippen MR) is 71.8 cm³/mol.